The van der Waals surface area contributed by atoms with Crippen molar-refractivity contribution < 1.29 is 13.6 Å². The van der Waals surface area contributed by atoms with Crippen LogP contribution in [-0.2, 0) is 11.2 Å². The van der Waals surface area contributed by atoms with Crippen LogP contribution in [0.2, 0.25) is 5.02 Å². The van der Waals surface area contributed by atoms with Gasteiger partial charge in [-0.25, -0.2) is 8.78 Å². The van der Waals surface area contributed by atoms with E-state index in [4.69, 9.17) is 11.6 Å². The lowest BCUT2D eigenvalue weighted by Gasteiger charge is -2.17. The molecule has 0 aliphatic rings. The Labute approximate surface area is 154 Å². The van der Waals surface area contributed by atoms with Crippen LogP contribution >= 0.6 is 11.6 Å². The van der Waals surface area contributed by atoms with Crippen molar-refractivity contribution in [2.24, 2.45) is 0 Å². The van der Waals surface area contributed by atoms with Crippen LogP contribution in [-0.4, -0.2) is 10.9 Å². The zero-order valence-corrected chi connectivity index (χ0v) is 14.4. The zero-order valence-electron chi connectivity index (χ0n) is 13.6. The first kappa shape index (κ1) is 18.0. The quantitative estimate of drug-likeness (QED) is 0.686. The zero-order chi connectivity index (χ0) is 18.5. The van der Waals surface area contributed by atoms with E-state index in [1.165, 1.54) is 6.07 Å². The Kier molecular flexibility index (Phi) is 5.58. The van der Waals surface area contributed by atoms with Crippen LogP contribution in [0.4, 0.5) is 14.5 Å². The van der Waals surface area contributed by atoms with Crippen molar-refractivity contribution in [1.82, 2.24) is 4.98 Å². The van der Waals surface area contributed by atoms with Crippen LogP contribution in [0.1, 0.15) is 17.2 Å². The highest BCUT2D eigenvalue weighted by molar-refractivity contribution is 6.30. The minimum atomic E-state index is -0.828. The lowest BCUT2D eigenvalue weighted by molar-refractivity contribution is -0.117. The number of rotatable bonds is 5. The summed E-state index contributed by atoms with van der Waals surface area (Å²) in [5, 5.41) is 3.08. The molecule has 0 spiro atoms. The van der Waals surface area contributed by atoms with Gasteiger partial charge in [-0.2, -0.15) is 0 Å². The molecule has 1 N–H and O–H groups in total. The van der Waals surface area contributed by atoms with Crippen molar-refractivity contribution in [2.75, 3.05) is 5.32 Å². The van der Waals surface area contributed by atoms with Gasteiger partial charge in [0.2, 0.25) is 5.91 Å². The minimum Gasteiger partial charge on any atom is -0.323 e. The van der Waals surface area contributed by atoms with Gasteiger partial charge in [0.25, 0.3) is 0 Å². The Morgan fingerprint density at radius 1 is 1.08 bits per heavy atom. The van der Waals surface area contributed by atoms with E-state index in [1.54, 1.807) is 36.5 Å². The van der Waals surface area contributed by atoms with Gasteiger partial charge in [-0.3, -0.25) is 9.78 Å². The highest BCUT2D eigenvalue weighted by atomic mass is 35.5. The number of hydrogen-bond donors (Lipinski definition) is 1. The Morgan fingerprint density at radius 2 is 1.85 bits per heavy atom. The number of pyridine rings is 1. The summed E-state index contributed by atoms with van der Waals surface area (Å²) in [6.45, 7) is 0. The smallest absolute Gasteiger partial charge is 0.232 e. The molecule has 1 amide bonds. The van der Waals surface area contributed by atoms with Crippen molar-refractivity contribution in [3.05, 3.63) is 94.8 Å². The number of carbonyl (C=O) groups excluding carboxylic acids is 1. The second kappa shape index (κ2) is 8.06. The molecule has 0 bridgehead atoms. The van der Waals surface area contributed by atoms with Crippen LogP contribution in [0.3, 0.4) is 0 Å². The molecule has 1 atom stereocenters. The van der Waals surface area contributed by atoms with Crippen LogP contribution in [0.25, 0.3) is 0 Å². The van der Waals surface area contributed by atoms with Gasteiger partial charge < -0.3 is 5.32 Å². The lowest BCUT2D eigenvalue weighted by atomic mass is 9.93. The Balaban J connectivity index is 1.88. The van der Waals surface area contributed by atoms with E-state index in [1.807, 2.05) is 12.1 Å². The predicted octanol–water partition coefficient (Wildman–Crippen LogP) is 4.98. The maximum Gasteiger partial charge on any atom is 0.232 e. The topological polar surface area (TPSA) is 42.0 Å². The summed E-state index contributed by atoms with van der Waals surface area (Å²) in [6, 6.07) is 15.3. The summed E-state index contributed by atoms with van der Waals surface area (Å²) in [5.74, 6) is -2.55. The van der Waals surface area contributed by atoms with E-state index in [0.717, 1.165) is 23.4 Å². The molecular formula is C20H15ClF2N2O. The molecule has 1 aromatic heterocycles. The molecule has 132 valence electrons. The molecule has 0 saturated heterocycles. The second-order valence-electron chi connectivity index (χ2n) is 5.74. The van der Waals surface area contributed by atoms with Gasteiger partial charge in [0.15, 0.2) is 0 Å². The number of nitrogens with one attached hydrogen (secondary N) is 1. The highest BCUT2D eigenvalue weighted by Gasteiger charge is 2.23. The molecule has 0 fully saturated rings. The number of benzene rings is 2. The molecule has 1 heterocycles. The normalized spacial score (nSPS) is 11.8. The first-order valence-electron chi connectivity index (χ1n) is 7.94. The summed E-state index contributed by atoms with van der Waals surface area (Å²) in [7, 11) is 0. The maximum absolute atomic E-state index is 13.9. The van der Waals surface area contributed by atoms with E-state index >= 15 is 0 Å². The van der Waals surface area contributed by atoms with Crippen molar-refractivity contribution >= 4 is 23.2 Å². The molecule has 0 aliphatic carbocycles. The first-order valence-corrected chi connectivity index (χ1v) is 8.32. The highest BCUT2D eigenvalue weighted by Crippen LogP contribution is 2.25. The van der Waals surface area contributed by atoms with Crippen LogP contribution < -0.4 is 5.32 Å². The third-order valence-electron chi connectivity index (χ3n) is 3.92. The standard InChI is InChI=1S/C20H15ClF2N2O/c21-14-6-4-13(5-7-14)17(12-16-3-1-2-10-24-16)20(26)25-19-9-8-15(22)11-18(19)23/h1-11,17H,12H2,(H,25,26). The Hall–Kier alpha value is -2.79. The van der Waals surface area contributed by atoms with Crippen molar-refractivity contribution in [3.8, 4) is 0 Å². The molecular weight excluding hydrogens is 358 g/mol. The van der Waals surface area contributed by atoms with E-state index in [0.29, 0.717) is 11.4 Å². The van der Waals surface area contributed by atoms with Crippen LogP contribution in [0.15, 0.2) is 66.9 Å². The summed E-state index contributed by atoms with van der Waals surface area (Å²) >= 11 is 5.92. The molecule has 0 saturated carbocycles. The van der Waals surface area contributed by atoms with E-state index < -0.39 is 23.5 Å². The molecule has 6 heteroatoms. The summed E-state index contributed by atoms with van der Waals surface area (Å²) in [4.78, 5) is 17.1. The summed E-state index contributed by atoms with van der Waals surface area (Å²) < 4.78 is 26.9. The van der Waals surface area contributed by atoms with Gasteiger partial charge in [0.1, 0.15) is 11.6 Å². The number of aromatic nitrogens is 1. The van der Waals surface area contributed by atoms with E-state index in [9.17, 15) is 13.6 Å². The molecule has 3 aromatic rings. The summed E-state index contributed by atoms with van der Waals surface area (Å²) in [6.07, 6.45) is 1.98. The van der Waals surface area contributed by atoms with Gasteiger partial charge in [-0.15, -0.1) is 0 Å². The molecule has 0 aliphatic heterocycles. The average Bonchev–Trinajstić information content (AvgIpc) is 2.64. The molecule has 26 heavy (non-hydrogen) atoms. The van der Waals surface area contributed by atoms with Crippen molar-refractivity contribution in [3.63, 3.8) is 0 Å². The monoisotopic (exact) mass is 372 g/mol. The number of nitrogens with zero attached hydrogens (tertiary/aromatic N) is 1. The van der Waals surface area contributed by atoms with Crippen LogP contribution in [0, 0.1) is 11.6 Å². The first-order chi connectivity index (χ1) is 12.5. The third kappa shape index (κ3) is 4.43. The molecule has 3 rings (SSSR count). The lowest BCUT2D eigenvalue weighted by Crippen LogP contribution is -2.24. The number of amides is 1. The number of carbonyl (C=O) groups is 1. The second-order valence-corrected chi connectivity index (χ2v) is 6.18. The fourth-order valence-electron chi connectivity index (χ4n) is 2.60. The van der Waals surface area contributed by atoms with Gasteiger partial charge >= 0.3 is 0 Å². The summed E-state index contributed by atoms with van der Waals surface area (Å²) in [5.41, 5.74) is 1.37. The Bertz CT molecular complexity index is 901. The number of hydrogen-bond acceptors (Lipinski definition) is 2. The number of anilines is 1. The van der Waals surface area contributed by atoms with Gasteiger partial charge in [0.05, 0.1) is 11.6 Å². The molecule has 3 nitrogen and oxygen atoms in total. The largest absolute Gasteiger partial charge is 0.323 e. The fraction of sp³-hybridized carbons (Fsp3) is 0.100. The Morgan fingerprint density at radius 3 is 2.50 bits per heavy atom. The van der Waals surface area contributed by atoms with E-state index in [2.05, 4.69) is 10.3 Å². The van der Waals surface area contributed by atoms with Crippen molar-refractivity contribution in [2.45, 2.75) is 12.3 Å². The number of halogens is 3. The molecule has 0 radical (unpaired) electrons. The van der Waals surface area contributed by atoms with E-state index in [-0.39, 0.29) is 5.69 Å². The minimum absolute atomic E-state index is 0.0728. The van der Waals surface area contributed by atoms with Crippen molar-refractivity contribution in [1.29, 1.82) is 0 Å². The average molecular weight is 373 g/mol. The molecule has 1 unspecified atom stereocenters. The van der Waals surface area contributed by atoms with Gasteiger partial charge in [-0.05, 0) is 42.0 Å². The van der Waals surface area contributed by atoms with Gasteiger partial charge in [-0.1, -0.05) is 29.8 Å². The predicted molar refractivity (Wildman–Crippen MR) is 97.1 cm³/mol. The molecule has 2 aromatic carbocycles. The SMILES string of the molecule is O=C(Nc1ccc(F)cc1F)C(Cc1ccccn1)c1ccc(Cl)cc1. The fourth-order valence-corrected chi connectivity index (χ4v) is 2.72. The maximum atomic E-state index is 13.9. The third-order valence-corrected chi connectivity index (χ3v) is 4.17. The van der Waals surface area contributed by atoms with Gasteiger partial charge in [0, 0.05) is 29.4 Å². The van der Waals surface area contributed by atoms with Crippen LogP contribution in [0.5, 0.6) is 0 Å².